The van der Waals surface area contributed by atoms with Gasteiger partial charge in [-0.3, -0.25) is 4.79 Å². The van der Waals surface area contributed by atoms with Crippen LogP contribution in [0, 0.1) is 0 Å². The molecule has 0 aromatic rings. The average molecular weight is 171 g/mol. The lowest BCUT2D eigenvalue weighted by molar-refractivity contribution is -0.134. The molecule has 0 atom stereocenters. The second-order valence-electron chi connectivity index (χ2n) is 3.73. The molecule has 3 nitrogen and oxygen atoms in total. The highest BCUT2D eigenvalue weighted by Crippen LogP contribution is 2.21. The van der Waals surface area contributed by atoms with Crippen LogP contribution in [0.1, 0.15) is 33.1 Å². The Labute approximate surface area is 73.4 Å². The molecule has 0 unspecified atom stereocenters. The van der Waals surface area contributed by atoms with E-state index in [0.29, 0.717) is 32.4 Å². The van der Waals surface area contributed by atoms with Crippen molar-refractivity contribution in [2.45, 2.75) is 38.7 Å². The predicted octanol–water partition coefficient (Wildman–Crippen LogP) is 0.770. The van der Waals surface area contributed by atoms with Gasteiger partial charge in [-0.25, -0.2) is 0 Å². The van der Waals surface area contributed by atoms with Crippen LogP contribution in [-0.2, 0) is 4.79 Å². The Morgan fingerprint density at radius 2 is 2.00 bits per heavy atom. The lowest BCUT2D eigenvalue weighted by atomic mass is 9.94. The van der Waals surface area contributed by atoms with E-state index in [1.807, 2.05) is 18.7 Å². The SMILES string of the molecule is CCC(=O)N1CCC(C)(O)CC1. The van der Waals surface area contributed by atoms with Crippen molar-refractivity contribution >= 4 is 5.91 Å². The molecule has 1 aliphatic heterocycles. The van der Waals surface area contributed by atoms with E-state index in [1.54, 1.807) is 0 Å². The number of piperidine rings is 1. The van der Waals surface area contributed by atoms with Crippen LogP contribution >= 0.6 is 0 Å². The molecular weight excluding hydrogens is 154 g/mol. The van der Waals surface area contributed by atoms with Gasteiger partial charge < -0.3 is 10.0 Å². The van der Waals surface area contributed by atoms with E-state index >= 15 is 0 Å². The number of rotatable bonds is 1. The third-order valence-electron chi connectivity index (χ3n) is 2.50. The van der Waals surface area contributed by atoms with Crippen LogP contribution in [0.2, 0.25) is 0 Å². The molecule has 1 saturated heterocycles. The molecule has 0 radical (unpaired) electrons. The monoisotopic (exact) mass is 171 g/mol. The molecule has 1 N–H and O–H groups in total. The van der Waals surface area contributed by atoms with Gasteiger partial charge in [-0.2, -0.15) is 0 Å². The summed E-state index contributed by atoms with van der Waals surface area (Å²) in [5.41, 5.74) is -0.551. The van der Waals surface area contributed by atoms with Crippen molar-refractivity contribution in [2.75, 3.05) is 13.1 Å². The number of hydrogen-bond acceptors (Lipinski definition) is 2. The fraction of sp³-hybridized carbons (Fsp3) is 0.889. The van der Waals surface area contributed by atoms with E-state index < -0.39 is 5.60 Å². The fourth-order valence-corrected chi connectivity index (χ4v) is 1.46. The number of nitrogens with zero attached hydrogens (tertiary/aromatic N) is 1. The van der Waals surface area contributed by atoms with E-state index in [-0.39, 0.29) is 5.91 Å². The van der Waals surface area contributed by atoms with E-state index in [0.717, 1.165) is 0 Å². The molecule has 0 bridgehead atoms. The van der Waals surface area contributed by atoms with Crippen molar-refractivity contribution in [2.24, 2.45) is 0 Å². The minimum absolute atomic E-state index is 0.200. The molecule has 1 amide bonds. The first-order valence-electron chi connectivity index (χ1n) is 4.55. The summed E-state index contributed by atoms with van der Waals surface area (Å²) in [4.78, 5) is 13.1. The average Bonchev–Trinajstić information content (AvgIpc) is 2.03. The highest BCUT2D eigenvalue weighted by molar-refractivity contribution is 5.75. The standard InChI is InChI=1S/C9H17NO2/c1-3-8(11)10-6-4-9(2,12)5-7-10/h12H,3-7H2,1-2H3. The van der Waals surface area contributed by atoms with Crippen molar-refractivity contribution in [3.05, 3.63) is 0 Å². The fourth-order valence-electron chi connectivity index (χ4n) is 1.46. The Bertz CT molecular complexity index is 167. The summed E-state index contributed by atoms with van der Waals surface area (Å²) in [6.45, 7) is 5.12. The number of carbonyl (C=O) groups is 1. The van der Waals surface area contributed by atoms with Crippen LogP contribution < -0.4 is 0 Å². The van der Waals surface area contributed by atoms with Crippen LogP contribution in [-0.4, -0.2) is 34.6 Å². The first-order chi connectivity index (χ1) is 5.55. The zero-order valence-corrected chi connectivity index (χ0v) is 7.84. The summed E-state index contributed by atoms with van der Waals surface area (Å²) in [6.07, 6.45) is 1.99. The van der Waals surface area contributed by atoms with E-state index in [2.05, 4.69) is 0 Å². The Hall–Kier alpha value is -0.570. The van der Waals surface area contributed by atoms with Gasteiger partial charge in [0.2, 0.25) is 5.91 Å². The Balaban J connectivity index is 2.41. The quantitative estimate of drug-likeness (QED) is 0.633. The number of amides is 1. The van der Waals surface area contributed by atoms with Crippen molar-refractivity contribution in [1.82, 2.24) is 4.90 Å². The summed E-state index contributed by atoms with van der Waals surface area (Å²) < 4.78 is 0. The van der Waals surface area contributed by atoms with Crippen LogP contribution in [0.25, 0.3) is 0 Å². The summed E-state index contributed by atoms with van der Waals surface area (Å²) in [5.74, 6) is 0.200. The molecule has 0 aromatic heterocycles. The third kappa shape index (κ3) is 2.21. The zero-order chi connectivity index (χ0) is 9.19. The molecule has 1 rings (SSSR count). The van der Waals surface area contributed by atoms with Gasteiger partial charge in [0.15, 0.2) is 0 Å². The van der Waals surface area contributed by atoms with Crippen molar-refractivity contribution in [1.29, 1.82) is 0 Å². The minimum Gasteiger partial charge on any atom is -0.390 e. The highest BCUT2D eigenvalue weighted by Gasteiger charge is 2.28. The van der Waals surface area contributed by atoms with Crippen molar-refractivity contribution < 1.29 is 9.90 Å². The number of hydrogen-bond donors (Lipinski definition) is 1. The summed E-state index contributed by atoms with van der Waals surface area (Å²) >= 11 is 0. The largest absolute Gasteiger partial charge is 0.390 e. The number of aliphatic hydroxyl groups is 1. The molecule has 12 heavy (non-hydrogen) atoms. The van der Waals surface area contributed by atoms with Gasteiger partial charge in [-0.1, -0.05) is 6.92 Å². The normalized spacial score (nSPS) is 22.4. The maximum absolute atomic E-state index is 11.2. The van der Waals surface area contributed by atoms with E-state index in [9.17, 15) is 9.90 Å². The molecule has 70 valence electrons. The highest BCUT2D eigenvalue weighted by atomic mass is 16.3. The van der Waals surface area contributed by atoms with Crippen LogP contribution in [0.5, 0.6) is 0 Å². The first-order valence-corrected chi connectivity index (χ1v) is 4.55. The number of carbonyl (C=O) groups excluding carboxylic acids is 1. The molecular formula is C9H17NO2. The lowest BCUT2D eigenvalue weighted by Gasteiger charge is -2.35. The van der Waals surface area contributed by atoms with Crippen molar-refractivity contribution in [3.63, 3.8) is 0 Å². The van der Waals surface area contributed by atoms with Gasteiger partial charge in [0.05, 0.1) is 5.60 Å². The summed E-state index contributed by atoms with van der Waals surface area (Å²) in [7, 11) is 0. The molecule has 0 aliphatic carbocycles. The van der Waals surface area contributed by atoms with Crippen LogP contribution in [0.15, 0.2) is 0 Å². The first kappa shape index (κ1) is 9.52. The topological polar surface area (TPSA) is 40.5 Å². The van der Waals surface area contributed by atoms with Gasteiger partial charge in [0.25, 0.3) is 0 Å². The van der Waals surface area contributed by atoms with Crippen molar-refractivity contribution in [3.8, 4) is 0 Å². The molecule has 1 fully saturated rings. The van der Waals surface area contributed by atoms with E-state index in [4.69, 9.17) is 0 Å². The number of likely N-dealkylation sites (tertiary alicyclic amines) is 1. The van der Waals surface area contributed by atoms with Gasteiger partial charge in [-0.05, 0) is 19.8 Å². The Kier molecular flexibility index (Phi) is 2.73. The Morgan fingerprint density at radius 3 is 2.42 bits per heavy atom. The molecule has 0 saturated carbocycles. The molecule has 0 spiro atoms. The second-order valence-corrected chi connectivity index (χ2v) is 3.73. The van der Waals surface area contributed by atoms with Gasteiger partial charge in [0.1, 0.15) is 0 Å². The van der Waals surface area contributed by atoms with E-state index in [1.165, 1.54) is 0 Å². The molecule has 1 heterocycles. The van der Waals surface area contributed by atoms with Crippen LogP contribution in [0.4, 0.5) is 0 Å². The summed E-state index contributed by atoms with van der Waals surface area (Å²) in [5, 5.41) is 9.61. The minimum atomic E-state index is -0.551. The molecule has 0 aromatic carbocycles. The van der Waals surface area contributed by atoms with Crippen LogP contribution in [0.3, 0.4) is 0 Å². The maximum atomic E-state index is 11.2. The molecule has 1 aliphatic rings. The molecule has 3 heteroatoms. The van der Waals surface area contributed by atoms with Gasteiger partial charge >= 0.3 is 0 Å². The van der Waals surface area contributed by atoms with Gasteiger partial charge in [-0.15, -0.1) is 0 Å². The predicted molar refractivity (Wildman–Crippen MR) is 46.7 cm³/mol. The Morgan fingerprint density at radius 1 is 1.50 bits per heavy atom. The lowest BCUT2D eigenvalue weighted by Crippen LogP contribution is -2.44. The maximum Gasteiger partial charge on any atom is 0.222 e. The zero-order valence-electron chi connectivity index (χ0n) is 7.84. The van der Waals surface area contributed by atoms with Gasteiger partial charge in [0, 0.05) is 19.5 Å². The summed E-state index contributed by atoms with van der Waals surface area (Å²) in [6, 6.07) is 0. The second kappa shape index (κ2) is 3.44. The third-order valence-corrected chi connectivity index (χ3v) is 2.50. The smallest absolute Gasteiger partial charge is 0.222 e.